The van der Waals surface area contributed by atoms with Crippen LogP contribution in [0.25, 0.3) is 0 Å². The van der Waals surface area contributed by atoms with E-state index in [0.717, 1.165) is 7.11 Å². The lowest BCUT2D eigenvalue weighted by Gasteiger charge is -2.19. The summed E-state index contributed by atoms with van der Waals surface area (Å²) < 4.78 is 0. The number of aromatic nitrogens is 1. The maximum Gasteiger partial charge on any atom is 0.250 e. The van der Waals surface area contributed by atoms with Gasteiger partial charge in [-0.1, -0.05) is 30.4 Å². The molecule has 0 saturated carbocycles. The smallest absolute Gasteiger partial charge is 0.250 e. The van der Waals surface area contributed by atoms with Gasteiger partial charge in [-0.25, -0.2) is 0 Å². The Morgan fingerprint density at radius 2 is 1.88 bits per heavy atom. The Balaban J connectivity index is 0.00000151. The number of likely N-dealkylation sites (N-methyl/N-ethyl adjacent to an activating group) is 1. The van der Waals surface area contributed by atoms with E-state index < -0.39 is 0 Å². The number of hydrogen-bond donors (Lipinski definition) is 2. The highest BCUT2D eigenvalue weighted by Gasteiger charge is 2.20. The first-order valence-corrected chi connectivity index (χ1v) is 7.86. The van der Waals surface area contributed by atoms with Crippen LogP contribution in [0.5, 0.6) is 0 Å². The van der Waals surface area contributed by atoms with Crippen molar-refractivity contribution in [3.8, 4) is 0 Å². The maximum absolute atomic E-state index is 12.7. The number of allylic oxidation sites excluding steroid dienone is 5. The monoisotopic (exact) mass is 344 g/mol. The Kier molecular flexibility index (Phi) is 8.46. The fourth-order valence-electron chi connectivity index (χ4n) is 2.41. The van der Waals surface area contributed by atoms with E-state index in [-0.39, 0.29) is 18.3 Å². The number of amides is 1. The SMILES string of the molecule is CC(=O)C1=C(C(=O)N(C)Cc2cccc(CO)n2)CC=CC=C1.CO. The molecule has 1 aromatic heterocycles. The molecule has 0 unspecified atom stereocenters. The van der Waals surface area contributed by atoms with E-state index in [2.05, 4.69) is 4.98 Å². The topological polar surface area (TPSA) is 90.7 Å². The summed E-state index contributed by atoms with van der Waals surface area (Å²) in [7, 11) is 2.68. The number of nitrogens with zero attached hydrogens (tertiary/aromatic N) is 2. The second-order valence-corrected chi connectivity index (χ2v) is 5.38. The van der Waals surface area contributed by atoms with Gasteiger partial charge < -0.3 is 15.1 Å². The number of Topliss-reactive ketones (excluding diaryl/α,β-unsaturated/α-hetero) is 1. The molecule has 0 spiro atoms. The van der Waals surface area contributed by atoms with Crippen LogP contribution >= 0.6 is 0 Å². The highest BCUT2D eigenvalue weighted by Crippen LogP contribution is 2.19. The average molecular weight is 344 g/mol. The van der Waals surface area contributed by atoms with E-state index in [1.807, 2.05) is 12.2 Å². The fraction of sp³-hybridized carbons (Fsp3) is 0.316. The van der Waals surface area contributed by atoms with Gasteiger partial charge in [0.15, 0.2) is 5.78 Å². The zero-order valence-electron chi connectivity index (χ0n) is 14.8. The minimum Gasteiger partial charge on any atom is -0.400 e. The molecule has 1 aromatic rings. The molecule has 0 atom stereocenters. The van der Waals surface area contributed by atoms with Gasteiger partial charge in [-0.2, -0.15) is 0 Å². The van der Waals surface area contributed by atoms with Gasteiger partial charge in [-0.3, -0.25) is 14.6 Å². The summed E-state index contributed by atoms with van der Waals surface area (Å²) in [6.07, 6.45) is 7.56. The summed E-state index contributed by atoms with van der Waals surface area (Å²) >= 11 is 0. The summed E-state index contributed by atoms with van der Waals surface area (Å²) in [6.45, 7) is 1.64. The van der Waals surface area contributed by atoms with Gasteiger partial charge in [-0.05, 0) is 25.5 Å². The van der Waals surface area contributed by atoms with Crippen molar-refractivity contribution in [2.24, 2.45) is 0 Å². The predicted octanol–water partition coefficient (Wildman–Crippen LogP) is 1.54. The molecule has 0 bridgehead atoms. The van der Waals surface area contributed by atoms with Crippen LogP contribution in [0, 0.1) is 0 Å². The lowest BCUT2D eigenvalue weighted by molar-refractivity contribution is -0.127. The highest BCUT2D eigenvalue weighted by molar-refractivity contribution is 6.06. The normalized spacial score (nSPS) is 13.0. The summed E-state index contributed by atoms with van der Waals surface area (Å²) in [4.78, 5) is 30.3. The molecule has 1 aliphatic carbocycles. The molecule has 1 amide bonds. The van der Waals surface area contributed by atoms with Crippen molar-refractivity contribution in [1.29, 1.82) is 0 Å². The number of rotatable bonds is 5. The Labute approximate surface area is 147 Å². The van der Waals surface area contributed by atoms with Crippen LogP contribution in [0.3, 0.4) is 0 Å². The number of pyridine rings is 1. The first-order valence-electron chi connectivity index (χ1n) is 7.86. The van der Waals surface area contributed by atoms with E-state index in [9.17, 15) is 9.59 Å². The van der Waals surface area contributed by atoms with Crippen molar-refractivity contribution in [2.75, 3.05) is 14.2 Å². The van der Waals surface area contributed by atoms with E-state index in [1.54, 1.807) is 37.4 Å². The molecule has 25 heavy (non-hydrogen) atoms. The number of carbonyl (C=O) groups is 2. The van der Waals surface area contributed by atoms with Crippen LogP contribution in [0.4, 0.5) is 0 Å². The summed E-state index contributed by atoms with van der Waals surface area (Å²) in [5, 5.41) is 16.1. The molecular formula is C19H24N2O4. The molecule has 2 N–H and O–H groups in total. The van der Waals surface area contributed by atoms with Gasteiger partial charge in [-0.15, -0.1) is 0 Å². The van der Waals surface area contributed by atoms with Crippen LogP contribution in [0.2, 0.25) is 0 Å². The van der Waals surface area contributed by atoms with Crippen LogP contribution < -0.4 is 0 Å². The molecule has 0 saturated heterocycles. The molecule has 0 radical (unpaired) electrons. The van der Waals surface area contributed by atoms with Gasteiger partial charge in [0.05, 0.1) is 24.5 Å². The first kappa shape index (κ1) is 20.5. The van der Waals surface area contributed by atoms with Crippen molar-refractivity contribution in [3.63, 3.8) is 0 Å². The quantitative estimate of drug-likeness (QED) is 0.845. The molecule has 0 fully saturated rings. The Morgan fingerprint density at radius 1 is 1.20 bits per heavy atom. The van der Waals surface area contributed by atoms with Gasteiger partial charge in [0.25, 0.3) is 5.91 Å². The molecule has 1 heterocycles. The summed E-state index contributed by atoms with van der Waals surface area (Å²) in [5.74, 6) is -0.315. The Bertz CT molecular complexity index is 705. The standard InChI is InChI=1S/C18H20N2O3.CH4O/c1-13(22)16-9-4-3-5-10-17(16)18(23)20(2)11-14-7-6-8-15(12-21)19-14;1-2/h3-9,21H,10-12H2,1-2H3;2H,1H3. The van der Waals surface area contributed by atoms with Crippen LogP contribution in [-0.4, -0.2) is 45.9 Å². The fourth-order valence-corrected chi connectivity index (χ4v) is 2.41. The van der Waals surface area contributed by atoms with Crippen molar-refractivity contribution in [1.82, 2.24) is 9.88 Å². The van der Waals surface area contributed by atoms with Crippen molar-refractivity contribution in [2.45, 2.75) is 26.5 Å². The van der Waals surface area contributed by atoms with Gasteiger partial charge in [0, 0.05) is 25.3 Å². The zero-order chi connectivity index (χ0) is 18.8. The third-order valence-electron chi connectivity index (χ3n) is 3.57. The second-order valence-electron chi connectivity index (χ2n) is 5.38. The predicted molar refractivity (Wildman–Crippen MR) is 95.4 cm³/mol. The van der Waals surface area contributed by atoms with Crippen molar-refractivity contribution >= 4 is 11.7 Å². The van der Waals surface area contributed by atoms with Gasteiger partial charge in [0.1, 0.15) is 0 Å². The number of ketones is 1. The summed E-state index contributed by atoms with van der Waals surface area (Å²) in [5.41, 5.74) is 2.19. The molecule has 0 aromatic carbocycles. The molecule has 0 aliphatic heterocycles. The molecule has 6 nitrogen and oxygen atoms in total. The lowest BCUT2D eigenvalue weighted by Crippen LogP contribution is -2.29. The minimum atomic E-state index is -0.192. The zero-order valence-corrected chi connectivity index (χ0v) is 14.8. The molecule has 134 valence electrons. The van der Waals surface area contributed by atoms with Gasteiger partial charge in [0.2, 0.25) is 0 Å². The van der Waals surface area contributed by atoms with Crippen LogP contribution in [0.15, 0.2) is 53.6 Å². The van der Waals surface area contributed by atoms with Crippen molar-refractivity contribution < 1.29 is 19.8 Å². The minimum absolute atomic E-state index is 0.123. The number of carbonyl (C=O) groups excluding carboxylic acids is 2. The van der Waals surface area contributed by atoms with E-state index >= 15 is 0 Å². The number of hydrogen-bond acceptors (Lipinski definition) is 5. The molecule has 1 aliphatic rings. The van der Waals surface area contributed by atoms with Crippen LogP contribution in [0.1, 0.15) is 24.7 Å². The number of aliphatic hydroxyl groups excluding tert-OH is 2. The molecule has 2 rings (SSSR count). The Morgan fingerprint density at radius 3 is 2.52 bits per heavy atom. The van der Waals surface area contributed by atoms with Crippen LogP contribution in [-0.2, 0) is 22.7 Å². The maximum atomic E-state index is 12.7. The largest absolute Gasteiger partial charge is 0.400 e. The summed E-state index contributed by atoms with van der Waals surface area (Å²) in [6, 6.07) is 5.32. The van der Waals surface area contributed by atoms with E-state index in [1.165, 1.54) is 11.8 Å². The highest BCUT2D eigenvalue weighted by atomic mass is 16.3. The molecule has 6 heteroatoms. The lowest BCUT2D eigenvalue weighted by atomic mass is 10.0. The third-order valence-corrected chi connectivity index (χ3v) is 3.57. The van der Waals surface area contributed by atoms with Crippen molar-refractivity contribution in [3.05, 3.63) is 65.0 Å². The first-order chi connectivity index (χ1) is 12.0. The average Bonchev–Trinajstić information content (AvgIpc) is 2.89. The van der Waals surface area contributed by atoms with Gasteiger partial charge >= 0.3 is 0 Å². The second kappa shape index (κ2) is 10.3. The Hall–Kier alpha value is -2.57. The molecular weight excluding hydrogens is 320 g/mol. The van der Waals surface area contributed by atoms with E-state index in [4.69, 9.17) is 10.2 Å². The number of aliphatic hydroxyl groups is 2. The third kappa shape index (κ3) is 5.77. The van der Waals surface area contributed by atoms with E-state index in [0.29, 0.717) is 35.5 Å².